The first kappa shape index (κ1) is 20.2. The predicted molar refractivity (Wildman–Crippen MR) is 107 cm³/mol. The van der Waals surface area contributed by atoms with Gasteiger partial charge in [0, 0.05) is 24.5 Å². The van der Waals surface area contributed by atoms with Gasteiger partial charge in [0.1, 0.15) is 23.5 Å². The van der Waals surface area contributed by atoms with Crippen LogP contribution in [-0.2, 0) is 24.8 Å². The third kappa shape index (κ3) is 3.89. The molecule has 0 aliphatic heterocycles. The maximum atomic E-state index is 13.1. The predicted octanol–water partition coefficient (Wildman–Crippen LogP) is 1.83. The van der Waals surface area contributed by atoms with Crippen molar-refractivity contribution in [2.24, 2.45) is 7.05 Å². The summed E-state index contributed by atoms with van der Waals surface area (Å²) >= 11 is 0. The van der Waals surface area contributed by atoms with Crippen LogP contribution in [0, 0.1) is 5.82 Å². The highest BCUT2D eigenvalue weighted by atomic mass is 19.1. The summed E-state index contributed by atoms with van der Waals surface area (Å²) in [5.41, 5.74) is -0.0418. The number of nitrogens with one attached hydrogen (secondary N) is 1. The van der Waals surface area contributed by atoms with Gasteiger partial charge in [-0.15, -0.1) is 0 Å². The first-order valence-corrected chi connectivity index (χ1v) is 9.17. The number of fused-ring (bicyclic) bond motifs is 1. The van der Waals surface area contributed by atoms with Gasteiger partial charge in [0.25, 0.3) is 5.56 Å². The smallest absolute Gasteiger partial charge is 0.332 e. The molecule has 0 saturated heterocycles. The van der Waals surface area contributed by atoms with Gasteiger partial charge in [-0.3, -0.25) is 14.2 Å². The summed E-state index contributed by atoms with van der Waals surface area (Å²) in [6.07, 6.45) is 2.17. The molecule has 0 saturated carbocycles. The molecular formula is C20H21FN4O4. The van der Waals surface area contributed by atoms with E-state index in [4.69, 9.17) is 4.74 Å². The Hall–Kier alpha value is -3.49. The van der Waals surface area contributed by atoms with Crippen molar-refractivity contribution in [3.05, 3.63) is 62.7 Å². The highest BCUT2D eigenvalue weighted by Gasteiger charge is 2.20. The fourth-order valence-corrected chi connectivity index (χ4v) is 3.04. The maximum absolute atomic E-state index is 13.1. The van der Waals surface area contributed by atoms with Crippen LogP contribution < -0.4 is 21.3 Å². The Kier molecular flexibility index (Phi) is 5.76. The van der Waals surface area contributed by atoms with Gasteiger partial charge in [-0.25, -0.2) is 18.7 Å². The van der Waals surface area contributed by atoms with E-state index in [9.17, 15) is 18.8 Å². The van der Waals surface area contributed by atoms with Crippen LogP contribution in [0.5, 0.6) is 5.75 Å². The first-order chi connectivity index (χ1) is 13.9. The minimum absolute atomic E-state index is 0.155. The molecular weight excluding hydrogens is 379 g/mol. The van der Waals surface area contributed by atoms with Gasteiger partial charge in [0.2, 0.25) is 5.91 Å². The van der Waals surface area contributed by atoms with Crippen LogP contribution in [0.15, 0.2) is 40.1 Å². The third-order valence-corrected chi connectivity index (χ3v) is 4.48. The highest BCUT2D eigenvalue weighted by Crippen LogP contribution is 2.25. The lowest BCUT2D eigenvalue weighted by atomic mass is 10.1. The minimum Gasteiger partial charge on any atom is -0.493 e. The van der Waals surface area contributed by atoms with Crippen molar-refractivity contribution in [2.75, 3.05) is 11.9 Å². The second-order valence-electron chi connectivity index (χ2n) is 6.39. The summed E-state index contributed by atoms with van der Waals surface area (Å²) in [4.78, 5) is 42.4. The van der Waals surface area contributed by atoms with Crippen LogP contribution in [0.4, 0.5) is 10.1 Å². The highest BCUT2D eigenvalue weighted by molar-refractivity contribution is 5.91. The van der Waals surface area contributed by atoms with E-state index in [2.05, 4.69) is 10.3 Å². The van der Waals surface area contributed by atoms with Crippen molar-refractivity contribution in [3.63, 3.8) is 0 Å². The number of rotatable bonds is 6. The molecule has 1 aromatic carbocycles. The Morgan fingerprint density at radius 2 is 1.90 bits per heavy atom. The van der Waals surface area contributed by atoms with E-state index in [0.717, 1.165) is 10.1 Å². The average molecular weight is 400 g/mol. The summed E-state index contributed by atoms with van der Waals surface area (Å²) in [5, 5.41) is 2.70. The topological polar surface area (TPSA) is 95.2 Å². The van der Waals surface area contributed by atoms with Crippen LogP contribution in [0.3, 0.4) is 0 Å². The molecule has 3 rings (SSSR count). The van der Waals surface area contributed by atoms with Gasteiger partial charge in [-0.1, -0.05) is 6.92 Å². The van der Waals surface area contributed by atoms with E-state index in [1.54, 1.807) is 13.1 Å². The van der Waals surface area contributed by atoms with Crippen molar-refractivity contribution in [2.45, 2.75) is 26.8 Å². The Balaban J connectivity index is 2.09. The van der Waals surface area contributed by atoms with E-state index < -0.39 is 29.5 Å². The molecule has 0 bridgehead atoms. The van der Waals surface area contributed by atoms with Crippen molar-refractivity contribution in [1.82, 2.24) is 14.1 Å². The van der Waals surface area contributed by atoms with Gasteiger partial charge in [-0.05, 0) is 37.6 Å². The number of amides is 1. The van der Waals surface area contributed by atoms with Crippen LogP contribution >= 0.6 is 0 Å². The zero-order valence-corrected chi connectivity index (χ0v) is 16.4. The van der Waals surface area contributed by atoms with Gasteiger partial charge < -0.3 is 10.1 Å². The zero-order valence-electron chi connectivity index (χ0n) is 16.4. The Bertz CT molecular complexity index is 1180. The number of carbonyl (C=O) groups is 1. The molecule has 9 heteroatoms. The Morgan fingerprint density at radius 1 is 1.21 bits per heavy atom. The van der Waals surface area contributed by atoms with Gasteiger partial charge in [0.15, 0.2) is 5.65 Å². The third-order valence-electron chi connectivity index (χ3n) is 4.48. The molecule has 3 aromatic rings. The number of aromatic nitrogens is 3. The zero-order chi connectivity index (χ0) is 21.1. The van der Waals surface area contributed by atoms with Crippen molar-refractivity contribution < 1.29 is 13.9 Å². The number of halogens is 1. The number of aryl methyl sites for hydroxylation is 2. The molecule has 1 N–H and O–H groups in total. The van der Waals surface area contributed by atoms with Crippen molar-refractivity contribution >= 4 is 22.6 Å². The molecule has 2 aromatic heterocycles. The molecule has 152 valence electrons. The number of nitrogens with zero attached hydrogens (tertiary/aromatic N) is 3. The number of benzene rings is 1. The first-order valence-electron chi connectivity index (χ1n) is 9.17. The van der Waals surface area contributed by atoms with E-state index in [0.29, 0.717) is 24.5 Å². The SMILES string of the molecule is CCOc1c(CC)cnc2c1c(=O)n(CC(=O)Nc1ccc(F)cc1)c(=O)n2C. The molecule has 0 unspecified atom stereocenters. The maximum Gasteiger partial charge on any atom is 0.332 e. The van der Waals surface area contributed by atoms with Crippen LogP contribution in [-0.4, -0.2) is 26.6 Å². The van der Waals surface area contributed by atoms with E-state index in [1.165, 1.54) is 35.9 Å². The molecule has 0 aliphatic rings. The number of pyridine rings is 1. The van der Waals surface area contributed by atoms with Crippen LogP contribution in [0.25, 0.3) is 11.0 Å². The molecule has 29 heavy (non-hydrogen) atoms. The Morgan fingerprint density at radius 3 is 2.52 bits per heavy atom. The van der Waals surface area contributed by atoms with Crippen molar-refractivity contribution in [1.29, 1.82) is 0 Å². The van der Waals surface area contributed by atoms with E-state index >= 15 is 0 Å². The number of hydrogen-bond acceptors (Lipinski definition) is 5. The normalized spacial score (nSPS) is 10.9. The summed E-state index contributed by atoms with van der Waals surface area (Å²) in [5.74, 6) is -0.661. The Labute approximate surface area is 165 Å². The summed E-state index contributed by atoms with van der Waals surface area (Å²) < 4.78 is 20.7. The van der Waals surface area contributed by atoms with E-state index in [-0.39, 0.29) is 11.0 Å². The summed E-state index contributed by atoms with van der Waals surface area (Å²) in [7, 11) is 1.48. The lowest BCUT2D eigenvalue weighted by Gasteiger charge is -2.15. The standard InChI is InChI=1S/C20H21FN4O4/c1-4-12-10-22-18-16(17(12)29-5-2)19(27)25(20(28)24(18)3)11-15(26)23-14-8-6-13(21)7-9-14/h6-10H,4-5,11H2,1-3H3,(H,23,26). The average Bonchev–Trinajstić information content (AvgIpc) is 2.71. The molecule has 0 atom stereocenters. The molecule has 0 fully saturated rings. The molecule has 2 heterocycles. The quantitative estimate of drug-likeness (QED) is 0.681. The van der Waals surface area contributed by atoms with Crippen LogP contribution in [0.2, 0.25) is 0 Å². The molecule has 0 radical (unpaired) electrons. The second-order valence-corrected chi connectivity index (χ2v) is 6.39. The molecule has 0 aliphatic carbocycles. The lowest BCUT2D eigenvalue weighted by Crippen LogP contribution is -2.42. The fraction of sp³-hybridized carbons (Fsp3) is 0.300. The van der Waals surface area contributed by atoms with Crippen LogP contribution in [0.1, 0.15) is 19.4 Å². The molecule has 8 nitrogen and oxygen atoms in total. The van der Waals surface area contributed by atoms with Gasteiger partial charge >= 0.3 is 5.69 Å². The number of anilines is 1. The number of carbonyl (C=O) groups excluding carboxylic acids is 1. The van der Waals surface area contributed by atoms with Gasteiger partial charge in [-0.2, -0.15) is 0 Å². The summed E-state index contributed by atoms with van der Waals surface area (Å²) in [6.45, 7) is 3.53. The molecule has 1 amide bonds. The fourth-order valence-electron chi connectivity index (χ4n) is 3.04. The molecule has 0 spiro atoms. The van der Waals surface area contributed by atoms with Gasteiger partial charge in [0.05, 0.1) is 6.61 Å². The minimum atomic E-state index is -0.670. The number of ether oxygens (including phenoxy) is 1. The number of hydrogen-bond donors (Lipinski definition) is 1. The summed E-state index contributed by atoms with van der Waals surface area (Å²) in [6, 6.07) is 5.17. The van der Waals surface area contributed by atoms with Crippen molar-refractivity contribution in [3.8, 4) is 5.75 Å². The van der Waals surface area contributed by atoms with E-state index in [1.807, 2.05) is 6.92 Å². The lowest BCUT2D eigenvalue weighted by molar-refractivity contribution is -0.116. The largest absolute Gasteiger partial charge is 0.493 e. The monoisotopic (exact) mass is 400 g/mol. The second kappa shape index (κ2) is 8.26.